The molecule has 2 heteroatoms. The Morgan fingerprint density at radius 3 is 1.36 bits per heavy atom. The highest BCUT2D eigenvalue weighted by molar-refractivity contribution is 5.25. The highest BCUT2D eigenvalue weighted by Gasteiger charge is 1.94. The first-order valence-corrected chi connectivity index (χ1v) is 14.6. The van der Waals surface area contributed by atoms with E-state index in [1.165, 1.54) is 109 Å². The molecule has 0 aliphatic heterocycles. The Morgan fingerprint density at radius 1 is 0.528 bits per heavy atom. The van der Waals surface area contributed by atoms with Crippen LogP contribution in [-0.4, -0.2) is 22.9 Å². The minimum atomic E-state index is -0.720. The number of unbranched alkanes of at least 4 members (excludes halogenated alkanes) is 20. The van der Waals surface area contributed by atoms with Gasteiger partial charge in [0.05, 0.1) is 0 Å². The van der Waals surface area contributed by atoms with E-state index in [4.69, 9.17) is 11.5 Å². The molecule has 0 rings (SSSR count). The first-order valence-electron chi connectivity index (χ1n) is 14.6. The maximum absolute atomic E-state index is 9.23. The molecule has 0 aromatic carbocycles. The minimum Gasteiger partial charge on any atom is -0.384 e. The van der Waals surface area contributed by atoms with Gasteiger partial charge in [0.2, 0.25) is 0 Å². The average Bonchev–Trinajstić information content (AvgIpc) is 2.89. The van der Waals surface area contributed by atoms with Gasteiger partial charge >= 0.3 is 0 Å². The van der Waals surface area contributed by atoms with Crippen molar-refractivity contribution in [3.8, 4) is 47.9 Å². The molecule has 0 heterocycles. The lowest BCUT2D eigenvalue weighted by atomic mass is 10.0. The van der Waals surface area contributed by atoms with Crippen molar-refractivity contribution in [2.45, 2.75) is 147 Å². The van der Waals surface area contributed by atoms with E-state index in [1.54, 1.807) is 6.08 Å². The lowest BCUT2D eigenvalue weighted by molar-refractivity contribution is 0.280. The Hall–Kier alpha value is -2.10. The third kappa shape index (κ3) is 29.9. The van der Waals surface area contributed by atoms with Gasteiger partial charge in [0.25, 0.3) is 0 Å². The molecule has 0 radical (unpaired) electrons. The van der Waals surface area contributed by atoms with Crippen LogP contribution in [0.1, 0.15) is 141 Å². The number of rotatable bonds is 22. The van der Waals surface area contributed by atoms with Gasteiger partial charge in [-0.3, -0.25) is 0 Å². The standard InChI is InChI=1S/C34H52O2/c1-2-34(36)32-30-28-26-24-22-20-18-16-14-12-10-8-6-4-3-5-7-9-11-13-15-17-19-21-23-25-27-29-31-33-35/h1,30,32,34-36H,5-24,26,28,33H2. The average molecular weight is 493 g/mol. The van der Waals surface area contributed by atoms with Crippen molar-refractivity contribution in [1.29, 1.82) is 0 Å². The molecule has 0 aromatic heterocycles. The van der Waals surface area contributed by atoms with Gasteiger partial charge in [0.1, 0.15) is 12.7 Å². The maximum Gasteiger partial charge on any atom is 0.133 e. The fraction of sp³-hybridized carbons (Fsp3) is 0.706. The van der Waals surface area contributed by atoms with E-state index in [0.717, 1.165) is 32.1 Å². The van der Waals surface area contributed by atoms with E-state index < -0.39 is 6.10 Å². The van der Waals surface area contributed by atoms with Gasteiger partial charge in [-0.05, 0) is 50.0 Å². The van der Waals surface area contributed by atoms with Gasteiger partial charge in [-0.2, -0.15) is 0 Å². The van der Waals surface area contributed by atoms with Gasteiger partial charge in [-0.25, -0.2) is 0 Å². The first kappa shape index (κ1) is 33.9. The normalized spacial score (nSPS) is 11.0. The lowest BCUT2D eigenvalue weighted by Crippen LogP contribution is -1.95. The van der Waals surface area contributed by atoms with Crippen LogP contribution in [0.4, 0.5) is 0 Å². The molecule has 0 aromatic rings. The topological polar surface area (TPSA) is 40.5 Å². The van der Waals surface area contributed by atoms with Crippen molar-refractivity contribution in [3.05, 3.63) is 12.2 Å². The van der Waals surface area contributed by atoms with Gasteiger partial charge in [0.15, 0.2) is 0 Å². The van der Waals surface area contributed by atoms with E-state index in [1.807, 2.05) is 6.08 Å². The van der Waals surface area contributed by atoms with Crippen LogP contribution in [0.3, 0.4) is 0 Å². The Morgan fingerprint density at radius 2 is 0.917 bits per heavy atom. The van der Waals surface area contributed by atoms with Crippen molar-refractivity contribution >= 4 is 0 Å². The third-order valence-corrected chi connectivity index (χ3v) is 6.21. The Bertz CT molecular complexity index is 723. The fourth-order valence-corrected chi connectivity index (χ4v) is 4.03. The summed E-state index contributed by atoms with van der Waals surface area (Å²) in [5, 5.41) is 17.7. The van der Waals surface area contributed by atoms with Crippen molar-refractivity contribution in [1.82, 2.24) is 0 Å². The Balaban J connectivity index is 3.21. The Kier molecular flexibility index (Phi) is 29.1. The van der Waals surface area contributed by atoms with E-state index in [0.29, 0.717) is 0 Å². The molecule has 0 spiro atoms. The van der Waals surface area contributed by atoms with Crippen molar-refractivity contribution in [2.75, 3.05) is 6.61 Å². The van der Waals surface area contributed by atoms with Crippen LogP contribution in [0.2, 0.25) is 0 Å². The molecule has 0 aliphatic carbocycles. The monoisotopic (exact) mass is 492 g/mol. The second-order valence-corrected chi connectivity index (χ2v) is 9.56. The van der Waals surface area contributed by atoms with Crippen molar-refractivity contribution in [2.24, 2.45) is 0 Å². The lowest BCUT2D eigenvalue weighted by Gasteiger charge is -2.02. The molecular formula is C34H52O2. The summed E-state index contributed by atoms with van der Waals surface area (Å²) in [4.78, 5) is 0. The predicted octanol–water partition coefficient (Wildman–Crippen LogP) is 8.12. The number of terminal acetylenes is 1. The van der Waals surface area contributed by atoms with Gasteiger partial charge < -0.3 is 10.2 Å². The molecule has 2 N–H and O–H groups in total. The smallest absolute Gasteiger partial charge is 0.133 e. The largest absolute Gasteiger partial charge is 0.384 e. The quantitative estimate of drug-likeness (QED) is 0.0910. The third-order valence-electron chi connectivity index (χ3n) is 6.21. The molecule has 0 bridgehead atoms. The van der Waals surface area contributed by atoms with Crippen molar-refractivity contribution < 1.29 is 10.2 Å². The van der Waals surface area contributed by atoms with Crippen LogP contribution in [-0.2, 0) is 0 Å². The molecule has 36 heavy (non-hydrogen) atoms. The summed E-state index contributed by atoms with van der Waals surface area (Å²) in [6.45, 7) is -0.104. The Labute approximate surface area is 224 Å². The summed E-state index contributed by atoms with van der Waals surface area (Å²) < 4.78 is 0. The molecule has 1 atom stereocenters. The molecule has 0 saturated heterocycles. The first-order chi connectivity index (χ1) is 17.8. The molecule has 0 saturated carbocycles. The SMILES string of the molecule is C#CC(O)C=CCCCCCCCCCCCCC#CCCCCCCCCCCC#CC#CCO. The summed E-state index contributed by atoms with van der Waals surface area (Å²) in [7, 11) is 0. The molecule has 1 unspecified atom stereocenters. The van der Waals surface area contributed by atoms with Crippen molar-refractivity contribution in [3.63, 3.8) is 0 Å². The number of aliphatic hydroxyl groups is 2. The summed E-state index contributed by atoms with van der Waals surface area (Å²) in [6.07, 6.45) is 35.7. The second-order valence-electron chi connectivity index (χ2n) is 9.56. The van der Waals surface area contributed by atoms with E-state index in [2.05, 4.69) is 41.4 Å². The van der Waals surface area contributed by atoms with Crippen LogP contribution in [0.15, 0.2) is 12.2 Å². The number of aliphatic hydroxyl groups excluding tert-OH is 2. The molecule has 0 aliphatic rings. The molecule has 2 nitrogen and oxygen atoms in total. The van der Waals surface area contributed by atoms with Crippen LogP contribution in [0.5, 0.6) is 0 Å². The van der Waals surface area contributed by atoms with Gasteiger partial charge in [-0.15, -0.1) is 18.3 Å². The molecule has 200 valence electrons. The summed E-state index contributed by atoms with van der Waals surface area (Å²) in [5.74, 6) is 20.0. The van der Waals surface area contributed by atoms with Crippen LogP contribution >= 0.6 is 0 Å². The van der Waals surface area contributed by atoms with E-state index >= 15 is 0 Å². The van der Waals surface area contributed by atoms with Gasteiger partial charge in [0, 0.05) is 19.3 Å². The fourth-order valence-electron chi connectivity index (χ4n) is 4.03. The molecule has 0 fully saturated rings. The zero-order valence-corrected chi connectivity index (χ0v) is 23.0. The highest BCUT2D eigenvalue weighted by Crippen LogP contribution is 2.13. The minimum absolute atomic E-state index is 0.104. The maximum atomic E-state index is 9.23. The summed E-state index contributed by atoms with van der Waals surface area (Å²) in [5.41, 5.74) is 0. The highest BCUT2D eigenvalue weighted by atomic mass is 16.3. The zero-order chi connectivity index (χ0) is 26.2. The second kappa shape index (κ2) is 30.9. The van der Waals surface area contributed by atoms with Crippen LogP contribution in [0, 0.1) is 47.9 Å². The molecular weight excluding hydrogens is 440 g/mol. The zero-order valence-electron chi connectivity index (χ0n) is 23.0. The number of hydrogen-bond acceptors (Lipinski definition) is 2. The van der Waals surface area contributed by atoms with Gasteiger partial charge in [-0.1, -0.05) is 114 Å². The summed E-state index contributed by atoms with van der Waals surface area (Å²) >= 11 is 0. The van der Waals surface area contributed by atoms with Crippen LogP contribution in [0.25, 0.3) is 0 Å². The predicted molar refractivity (Wildman–Crippen MR) is 156 cm³/mol. The number of hydrogen-bond donors (Lipinski definition) is 2. The summed E-state index contributed by atoms with van der Waals surface area (Å²) in [6, 6.07) is 0. The van der Waals surface area contributed by atoms with E-state index in [9.17, 15) is 5.11 Å². The molecule has 0 amide bonds. The number of allylic oxidation sites excluding steroid dienone is 1. The van der Waals surface area contributed by atoms with E-state index in [-0.39, 0.29) is 6.61 Å². The van der Waals surface area contributed by atoms with Crippen LogP contribution < -0.4 is 0 Å².